The highest BCUT2D eigenvalue weighted by Crippen LogP contribution is 2.33. The third-order valence-electron chi connectivity index (χ3n) is 4.11. The minimum Gasteiger partial charge on any atom is -0.497 e. The Kier molecular flexibility index (Phi) is 5.83. The van der Waals surface area contributed by atoms with Gasteiger partial charge >= 0.3 is 0 Å². The van der Waals surface area contributed by atoms with Crippen LogP contribution in [0.4, 0.5) is 5.69 Å². The molecular weight excluding hydrogens is 404 g/mol. The van der Waals surface area contributed by atoms with E-state index in [-0.39, 0.29) is 0 Å². The first kappa shape index (κ1) is 19.1. The van der Waals surface area contributed by atoms with Crippen molar-refractivity contribution >= 4 is 34.6 Å². The molecule has 8 heteroatoms. The highest BCUT2D eigenvalue weighted by atomic mass is 32.1. The number of hydrogen-bond donors (Lipinski definition) is 0. The molecule has 29 heavy (non-hydrogen) atoms. The molecule has 0 unspecified atom stereocenters. The largest absolute Gasteiger partial charge is 0.497 e. The van der Waals surface area contributed by atoms with E-state index in [0.717, 1.165) is 33.1 Å². The molecule has 4 rings (SSSR count). The number of nitrogens with zero attached hydrogens (tertiary/aromatic N) is 4. The van der Waals surface area contributed by atoms with Crippen LogP contribution in [0.25, 0.3) is 11.3 Å². The summed E-state index contributed by atoms with van der Waals surface area (Å²) in [6.45, 7) is 0. The zero-order valence-corrected chi connectivity index (χ0v) is 17.5. The van der Waals surface area contributed by atoms with Crippen molar-refractivity contribution in [2.45, 2.75) is 0 Å². The van der Waals surface area contributed by atoms with Gasteiger partial charge in [0.05, 0.1) is 38.0 Å². The maximum Gasteiger partial charge on any atom is 0.211 e. The second-order valence-corrected chi connectivity index (χ2v) is 7.52. The number of hydrogen-bond acceptors (Lipinski definition) is 7. The van der Waals surface area contributed by atoms with Gasteiger partial charge in [-0.15, -0.1) is 11.3 Å². The number of thiophene rings is 1. The van der Waals surface area contributed by atoms with Crippen LogP contribution in [0.5, 0.6) is 11.5 Å². The number of aromatic nitrogens is 2. The molecule has 0 aliphatic heterocycles. The van der Waals surface area contributed by atoms with Crippen molar-refractivity contribution in [1.29, 1.82) is 0 Å². The lowest BCUT2D eigenvalue weighted by atomic mass is 10.1. The quantitative estimate of drug-likeness (QED) is 0.419. The highest BCUT2D eigenvalue weighted by Gasteiger charge is 2.14. The lowest BCUT2D eigenvalue weighted by Gasteiger charge is -2.10. The molecule has 0 N–H and O–H groups in total. The Bertz CT molecular complexity index is 1180. The smallest absolute Gasteiger partial charge is 0.211 e. The summed E-state index contributed by atoms with van der Waals surface area (Å²) in [4.78, 5) is 9.59. The van der Waals surface area contributed by atoms with Crippen LogP contribution in [-0.4, -0.2) is 30.1 Å². The predicted octanol–water partition coefficient (Wildman–Crippen LogP) is 4.80. The third-order valence-corrected chi connectivity index (χ3v) is 5.62. The second-order valence-electron chi connectivity index (χ2n) is 5.91. The fraction of sp³-hybridized carbons (Fsp3) is 0.0952. The van der Waals surface area contributed by atoms with Crippen LogP contribution in [-0.2, 0) is 0 Å². The van der Waals surface area contributed by atoms with Crippen molar-refractivity contribution in [3.8, 4) is 22.8 Å². The Morgan fingerprint density at radius 3 is 2.76 bits per heavy atom. The SMILES string of the molecule is COc1ccc(-c2csc(=Nc3cccnc3)n2N=Cc2ccsc2)c(OC)c1. The van der Waals surface area contributed by atoms with Crippen molar-refractivity contribution in [3.05, 3.63) is 75.3 Å². The molecule has 0 fully saturated rings. The molecule has 3 aromatic heterocycles. The molecule has 146 valence electrons. The van der Waals surface area contributed by atoms with Crippen molar-refractivity contribution in [2.75, 3.05) is 14.2 Å². The van der Waals surface area contributed by atoms with E-state index in [1.54, 1.807) is 38.0 Å². The van der Waals surface area contributed by atoms with Crippen molar-refractivity contribution < 1.29 is 9.47 Å². The summed E-state index contributed by atoms with van der Waals surface area (Å²) < 4.78 is 12.7. The van der Waals surface area contributed by atoms with Gasteiger partial charge < -0.3 is 9.47 Å². The monoisotopic (exact) mass is 422 g/mol. The first-order valence-corrected chi connectivity index (χ1v) is 10.5. The molecule has 0 saturated heterocycles. The van der Waals surface area contributed by atoms with Gasteiger partial charge in [0.2, 0.25) is 4.80 Å². The van der Waals surface area contributed by atoms with Gasteiger partial charge in [0.1, 0.15) is 11.5 Å². The summed E-state index contributed by atoms with van der Waals surface area (Å²) in [5, 5.41) is 10.8. The van der Waals surface area contributed by atoms with E-state index in [1.807, 2.05) is 63.4 Å². The van der Waals surface area contributed by atoms with Crippen molar-refractivity contribution in [2.24, 2.45) is 10.1 Å². The molecule has 0 bridgehead atoms. The van der Waals surface area contributed by atoms with E-state index in [4.69, 9.17) is 19.6 Å². The maximum atomic E-state index is 5.60. The number of ether oxygens (including phenoxy) is 2. The molecule has 0 atom stereocenters. The molecule has 6 nitrogen and oxygen atoms in total. The van der Waals surface area contributed by atoms with Crippen molar-refractivity contribution in [1.82, 2.24) is 9.66 Å². The topological polar surface area (TPSA) is 61.0 Å². The number of thiazole rings is 1. The highest BCUT2D eigenvalue weighted by molar-refractivity contribution is 7.08. The zero-order chi connectivity index (χ0) is 20.1. The Morgan fingerprint density at radius 2 is 2.03 bits per heavy atom. The molecule has 4 aromatic rings. The Hall–Kier alpha value is -3.23. The minimum atomic E-state index is 0.703. The first-order valence-electron chi connectivity index (χ1n) is 8.73. The summed E-state index contributed by atoms with van der Waals surface area (Å²) in [7, 11) is 3.28. The normalized spacial score (nSPS) is 11.9. The molecular formula is C21H18N4O2S2. The summed E-state index contributed by atoms with van der Waals surface area (Å²) in [6.07, 6.45) is 5.27. The molecule has 3 heterocycles. The average Bonchev–Trinajstić information content (AvgIpc) is 3.42. The third kappa shape index (κ3) is 4.28. The lowest BCUT2D eigenvalue weighted by molar-refractivity contribution is 0.395. The lowest BCUT2D eigenvalue weighted by Crippen LogP contribution is -2.11. The Labute approximate surface area is 176 Å². The van der Waals surface area contributed by atoms with E-state index < -0.39 is 0 Å². The fourth-order valence-corrected chi connectivity index (χ4v) is 4.15. The van der Waals surface area contributed by atoms with Crippen LogP contribution in [0.3, 0.4) is 0 Å². The van der Waals surface area contributed by atoms with Gasteiger partial charge in [-0.05, 0) is 41.1 Å². The number of rotatable bonds is 6. The van der Waals surface area contributed by atoms with Gasteiger partial charge in [-0.2, -0.15) is 16.4 Å². The zero-order valence-electron chi connectivity index (χ0n) is 15.9. The molecule has 0 amide bonds. The number of pyridine rings is 1. The van der Waals surface area contributed by atoms with Crippen LogP contribution in [0.15, 0.2) is 75.0 Å². The van der Waals surface area contributed by atoms with Crippen LogP contribution in [0.2, 0.25) is 0 Å². The molecule has 0 radical (unpaired) electrons. The first-order chi connectivity index (χ1) is 14.3. The van der Waals surface area contributed by atoms with E-state index in [1.165, 1.54) is 11.3 Å². The van der Waals surface area contributed by atoms with Gasteiger partial charge in [-0.3, -0.25) is 4.98 Å². The standard InChI is InChI=1S/C21H18N4O2S2/c1-26-17-5-6-18(20(10-17)27-2)19-14-29-21(24-16-4-3-8-22-12-16)25(19)23-11-15-7-9-28-13-15/h3-14H,1-2H3. The van der Waals surface area contributed by atoms with Gasteiger partial charge in [-0.1, -0.05) is 0 Å². The Morgan fingerprint density at radius 1 is 1.10 bits per heavy atom. The summed E-state index contributed by atoms with van der Waals surface area (Å²) in [5.41, 5.74) is 3.58. The minimum absolute atomic E-state index is 0.703. The van der Waals surface area contributed by atoms with Gasteiger partial charge in [0, 0.05) is 28.8 Å². The molecule has 0 saturated carbocycles. The van der Waals surface area contributed by atoms with Crippen molar-refractivity contribution in [3.63, 3.8) is 0 Å². The van der Waals surface area contributed by atoms with E-state index in [2.05, 4.69) is 4.98 Å². The van der Waals surface area contributed by atoms with Crippen LogP contribution >= 0.6 is 22.7 Å². The van der Waals surface area contributed by atoms with Gasteiger partial charge in [0.25, 0.3) is 0 Å². The Balaban J connectivity index is 1.88. The molecule has 1 aromatic carbocycles. The average molecular weight is 423 g/mol. The predicted molar refractivity (Wildman–Crippen MR) is 118 cm³/mol. The van der Waals surface area contributed by atoms with Crippen LogP contribution in [0, 0.1) is 0 Å². The molecule has 0 spiro atoms. The maximum absolute atomic E-state index is 5.60. The van der Waals surface area contributed by atoms with Gasteiger partial charge in [0.15, 0.2) is 0 Å². The molecule has 0 aliphatic carbocycles. The summed E-state index contributed by atoms with van der Waals surface area (Å²) >= 11 is 3.13. The second kappa shape index (κ2) is 8.85. The van der Waals surface area contributed by atoms with Gasteiger partial charge in [-0.25, -0.2) is 9.67 Å². The molecule has 0 aliphatic rings. The number of methoxy groups -OCH3 is 2. The van der Waals surface area contributed by atoms with Crippen LogP contribution in [0.1, 0.15) is 5.56 Å². The van der Waals surface area contributed by atoms with E-state index in [0.29, 0.717) is 5.75 Å². The fourth-order valence-electron chi connectivity index (χ4n) is 2.69. The van der Waals surface area contributed by atoms with Crippen LogP contribution < -0.4 is 14.3 Å². The van der Waals surface area contributed by atoms with E-state index in [9.17, 15) is 0 Å². The summed E-state index contributed by atoms with van der Waals surface area (Å²) in [5.74, 6) is 1.43. The summed E-state index contributed by atoms with van der Waals surface area (Å²) in [6, 6.07) is 11.5. The van der Waals surface area contributed by atoms with E-state index >= 15 is 0 Å². The number of benzene rings is 1.